The minimum Gasteiger partial charge on any atom is -0.472 e. The van der Waals surface area contributed by atoms with Crippen LogP contribution in [0.3, 0.4) is 0 Å². The SMILES string of the molecule is CC(C)N1CC=C(c2cn(N)c3ccc(C(=O)c4ccoc4)cc23)CC1. The number of nitrogens with two attached hydrogens (primary N) is 1. The van der Waals surface area contributed by atoms with E-state index in [0.29, 0.717) is 17.2 Å². The number of aromatic nitrogens is 1. The molecule has 3 heterocycles. The Morgan fingerprint density at radius 3 is 2.73 bits per heavy atom. The fourth-order valence-electron chi connectivity index (χ4n) is 3.61. The van der Waals surface area contributed by atoms with Crippen LogP contribution in [0.1, 0.15) is 41.8 Å². The summed E-state index contributed by atoms with van der Waals surface area (Å²) in [5.41, 5.74) is 4.54. The minimum atomic E-state index is -0.0417. The highest BCUT2D eigenvalue weighted by molar-refractivity contribution is 6.11. The Kier molecular flexibility index (Phi) is 4.17. The van der Waals surface area contributed by atoms with Gasteiger partial charge in [-0.3, -0.25) is 14.4 Å². The van der Waals surface area contributed by atoms with Crippen molar-refractivity contribution in [3.63, 3.8) is 0 Å². The standard InChI is InChI=1S/C21H23N3O2/c1-14(2)23-8-5-15(6-9-23)19-12-24(22)20-4-3-16(11-18(19)20)21(25)17-7-10-26-13-17/h3-5,7,10-14H,6,8-9,22H2,1-2H3. The fourth-order valence-corrected chi connectivity index (χ4v) is 3.61. The lowest BCUT2D eigenvalue weighted by Gasteiger charge is -2.29. The van der Waals surface area contributed by atoms with Crippen molar-refractivity contribution in [1.29, 1.82) is 0 Å². The molecule has 0 saturated carbocycles. The molecule has 5 heteroatoms. The molecule has 0 unspecified atom stereocenters. The molecule has 0 bridgehead atoms. The molecular weight excluding hydrogens is 326 g/mol. The molecule has 0 atom stereocenters. The lowest BCUT2D eigenvalue weighted by atomic mass is 9.96. The van der Waals surface area contributed by atoms with Crippen LogP contribution in [0, 0.1) is 0 Å². The smallest absolute Gasteiger partial charge is 0.196 e. The van der Waals surface area contributed by atoms with E-state index in [-0.39, 0.29) is 5.78 Å². The minimum absolute atomic E-state index is 0.0417. The average Bonchev–Trinajstić information content (AvgIpc) is 3.29. The van der Waals surface area contributed by atoms with Gasteiger partial charge in [0.05, 0.1) is 17.3 Å². The highest BCUT2D eigenvalue weighted by Crippen LogP contribution is 2.31. The van der Waals surface area contributed by atoms with E-state index >= 15 is 0 Å². The number of furan rings is 1. The summed E-state index contributed by atoms with van der Waals surface area (Å²) < 4.78 is 6.68. The van der Waals surface area contributed by atoms with Crippen LogP contribution in [0.2, 0.25) is 0 Å². The van der Waals surface area contributed by atoms with Crippen LogP contribution in [0.25, 0.3) is 16.5 Å². The monoisotopic (exact) mass is 349 g/mol. The normalized spacial score (nSPS) is 15.6. The van der Waals surface area contributed by atoms with Crippen LogP contribution in [-0.2, 0) is 0 Å². The van der Waals surface area contributed by atoms with E-state index < -0.39 is 0 Å². The number of rotatable bonds is 4. The van der Waals surface area contributed by atoms with Crippen molar-refractivity contribution in [2.75, 3.05) is 18.9 Å². The third-order valence-corrected chi connectivity index (χ3v) is 5.20. The molecular formula is C21H23N3O2. The number of carbonyl (C=O) groups excluding carboxylic acids is 1. The van der Waals surface area contributed by atoms with Crippen LogP contribution in [0.15, 0.2) is 53.5 Å². The number of carbonyl (C=O) groups is 1. The third kappa shape index (κ3) is 2.84. The van der Waals surface area contributed by atoms with Crippen LogP contribution >= 0.6 is 0 Å². The summed E-state index contributed by atoms with van der Waals surface area (Å²) in [6, 6.07) is 7.91. The van der Waals surface area contributed by atoms with Crippen LogP contribution in [0.4, 0.5) is 0 Å². The van der Waals surface area contributed by atoms with Crippen molar-refractivity contribution in [3.8, 4) is 0 Å². The highest BCUT2D eigenvalue weighted by atomic mass is 16.3. The summed E-state index contributed by atoms with van der Waals surface area (Å²) >= 11 is 0. The van der Waals surface area contributed by atoms with Gasteiger partial charge in [0.2, 0.25) is 0 Å². The quantitative estimate of drug-likeness (QED) is 0.576. The maximum Gasteiger partial charge on any atom is 0.196 e. The number of fused-ring (bicyclic) bond motifs is 1. The molecule has 4 rings (SSSR count). The molecule has 1 aromatic carbocycles. The number of hydrogen-bond acceptors (Lipinski definition) is 4. The first kappa shape index (κ1) is 16.7. The number of nitrogen functional groups attached to an aromatic ring is 1. The zero-order valence-electron chi connectivity index (χ0n) is 15.1. The van der Waals surface area contributed by atoms with Crippen LogP contribution in [0.5, 0.6) is 0 Å². The number of benzene rings is 1. The Bertz CT molecular complexity index is 980. The molecule has 3 aromatic rings. The van der Waals surface area contributed by atoms with Crippen LogP contribution < -0.4 is 5.84 Å². The maximum absolute atomic E-state index is 12.6. The molecule has 2 aromatic heterocycles. The first-order valence-corrected chi connectivity index (χ1v) is 8.95. The molecule has 5 nitrogen and oxygen atoms in total. The first-order valence-electron chi connectivity index (χ1n) is 8.95. The van der Waals surface area contributed by atoms with Gasteiger partial charge in [-0.25, -0.2) is 0 Å². The van der Waals surface area contributed by atoms with Crippen molar-refractivity contribution in [1.82, 2.24) is 9.58 Å². The Morgan fingerprint density at radius 1 is 1.23 bits per heavy atom. The van der Waals surface area contributed by atoms with Gasteiger partial charge in [-0.15, -0.1) is 0 Å². The average molecular weight is 349 g/mol. The van der Waals surface area contributed by atoms with E-state index in [9.17, 15) is 4.79 Å². The summed E-state index contributed by atoms with van der Waals surface area (Å²) in [7, 11) is 0. The zero-order chi connectivity index (χ0) is 18.3. The Balaban J connectivity index is 1.74. The van der Waals surface area contributed by atoms with Gasteiger partial charge >= 0.3 is 0 Å². The van der Waals surface area contributed by atoms with E-state index in [0.717, 1.165) is 36.0 Å². The van der Waals surface area contributed by atoms with Gasteiger partial charge < -0.3 is 10.3 Å². The van der Waals surface area contributed by atoms with Gasteiger partial charge in [0, 0.05) is 41.8 Å². The molecule has 0 radical (unpaired) electrons. The molecule has 0 spiro atoms. The number of hydrogen-bond donors (Lipinski definition) is 1. The molecule has 0 aliphatic carbocycles. The Hall–Kier alpha value is -2.79. The van der Waals surface area contributed by atoms with Crippen molar-refractivity contribution in [2.24, 2.45) is 0 Å². The van der Waals surface area contributed by atoms with E-state index in [1.54, 1.807) is 10.7 Å². The second-order valence-corrected chi connectivity index (χ2v) is 7.09. The van der Waals surface area contributed by atoms with Gasteiger partial charge in [0.25, 0.3) is 0 Å². The Morgan fingerprint density at radius 2 is 2.08 bits per heavy atom. The number of nitrogens with zero attached hydrogens (tertiary/aromatic N) is 2. The lowest BCUT2D eigenvalue weighted by molar-refractivity contribution is 0.103. The molecule has 0 amide bonds. The van der Waals surface area contributed by atoms with Gasteiger partial charge in [-0.2, -0.15) is 0 Å². The molecule has 134 valence electrons. The van der Waals surface area contributed by atoms with E-state index in [2.05, 4.69) is 24.8 Å². The first-order chi connectivity index (χ1) is 12.5. The van der Waals surface area contributed by atoms with E-state index in [4.69, 9.17) is 10.3 Å². The summed E-state index contributed by atoms with van der Waals surface area (Å²) in [5.74, 6) is 6.12. The van der Waals surface area contributed by atoms with E-state index in [1.807, 2.05) is 24.4 Å². The predicted octanol–water partition coefficient (Wildman–Crippen LogP) is 3.68. The van der Waals surface area contributed by atoms with Crippen molar-refractivity contribution >= 4 is 22.3 Å². The second-order valence-electron chi connectivity index (χ2n) is 7.09. The van der Waals surface area contributed by atoms with E-state index in [1.165, 1.54) is 18.1 Å². The molecule has 1 aliphatic heterocycles. The molecule has 1 aliphatic rings. The van der Waals surface area contributed by atoms with Crippen molar-refractivity contribution in [2.45, 2.75) is 26.3 Å². The summed E-state index contributed by atoms with van der Waals surface area (Å²) in [6.07, 6.45) is 8.22. The Labute approximate surface area is 152 Å². The topological polar surface area (TPSA) is 64.4 Å². The second kappa shape index (κ2) is 6.50. The third-order valence-electron chi connectivity index (χ3n) is 5.20. The number of ketones is 1. The molecule has 2 N–H and O–H groups in total. The summed E-state index contributed by atoms with van der Waals surface area (Å²) in [4.78, 5) is 15.1. The summed E-state index contributed by atoms with van der Waals surface area (Å²) in [5, 5.41) is 1.02. The predicted molar refractivity (Wildman–Crippen MR) is 104 cm³/mol. The fraction of sp³-hybridized carbons (Fsp3) is 0.286. The van der Waals surface area contributed by atoms with Crippen molar-refractivity contribution < 1.29 is 9.21 Å². The largest absolute Gasteiger partial charge is 0.472 e. The lowest BCUT2D eigenvalue weighted by Crippen LogP contribution is -2.34. The van der Waals surface area contributed by atoms with Gasteiger partial charge in [0.1, 0.15) is 6.26 Å². The maximum atomic E-state index is 12.6. The molecule has 26 heavy (non-hydrogen) atoms. The highest BCUT2D eigenvalue weighted by Gasteiger charge is 2.19. The summed E-state index contributed by atoms with van der Waals surface area (Å²) in [6.45, 7) is 6.42. The zero-order valence-corrected chi connectivity index (χ0v) is 15.1. The van der Waals surface area contributed by atoms with Crippen LogP contribution in [-0.4, -0.2) is 34.5 Å². The van der Waals surface area contributed by atoms with Gasteiger partial charge in [-0.05, 0) is 50.1 Å². The van der Waals surface area contributed by atoms with Crippen molar-refractivity contribution in [3.05, 3.63) is 65.8 Å². The van der Waals surface area contributed by atoms with Gasteiger partial charge in [0.15, 0.2) is 5.78 Å². The van der Waals surface area contributed by atoms with Gasteiger partial charge in [-0.1, -0.05) is 6.08 Å². The molecule has 0 saturated heterocycles. The molecule has 0 fully saturated rings.